The van der Waals surface area contributed by atoms with Gasteiger partial charge in [-0.15, -0.1) is 0 Å². The molecule has 0 atom stereocenters. The number of aryl methyl sites for hydroxylation is 1. The second-order valence-electron chi connectivity index (χ2n) is 4.04. The maximum Gasteiger partial charge on any atom is 0.253 e. The minimum absolute atomic E-state index is 0. The number of hydrogen-bond donors (Lipinski definition) is 0. The standard InChI is InChI=1S/C13H16FN2O.BrH/c1-10-15(2)6-7-16(10)9-11-8-12(14)4-5-13(11)17-3;/h4-8H,9H2,1-3H3;1H/q+1;/p-1. The molecule has 0 saturated carbocycles. The number of methoxy groups -OCH3 is 1. The molecule has 1 aromatic heterocycles. The molecule has 0 aliphatic carbocycles. The Kier molecular flexibility index (Phi) is 4.90. The van der Waals surface area contributed by atoms with Gasteiger partial charge in [-0.2, -0.15) is 0 Å². The van der Waals surface area contributed by atoms with E-state index < -0.39 is 0 Å². The minimum Gasteiger partial charge on any atom is -1.00 e. The van der Waals surface area contributed by atoms with Gasteiger partial charge in [0.15, 0.2) is 0 Å². The molecule has 1 heterocycles. The van der Waals surface area contributed by atoms with E-state index in [0.717, 1.165) is 11.4 Å². The van der Waals surface area contributed by atoms with Gasteiger partial charge in [0.05, 0.1) is 14.2 Å². The number of benzene rings is 1. The molecule has 0 fully saturated rings. The van der Waals surface area contributed by atoms with Gasteiger partial charge in [0.1, 0.15) is 30.5 Å². The van der Waals surface area contributed by atoms with E-state index in [1.165, 1.54) is 12.1 Å². The highest BCUT2D eigenvalue weighted by Crippen LogP contribution is 2.20. The summed E-state index contributed by atoms with van der Waals surface area (Å²) in [5.74, 6) is 1.58. The van der Waals surface area contributed by atoms with Crippen molar-refractivity contribution in [1.29, 1.82) is 0 Å². The Bertz CT molecular complexity index is 540. The number of rotatable bonds is 3. The molecule has 0 spiro atoms. The Morgan fingerprint density at radius 1 is 1.39 bits per heavy atom. The van der Waals surface area contributed by atoms with Crippen LogP contribution in [0.2, 0.25) is 0 Å². The Hall–Kier alpha value is -1.36. The number of halogens is 2. The molecule has 0 unspecified atom stereocenters. The summed E-state index contributed by atoms with van der Waals surface area (Å²) in [5.41, 5.74) is 0.840. The largest absolute Gasteiger partial charge is 1.00 e. The Balaban J connectivity index is 0.00000162. The SMILES string of the molecule is COc1ccc(F)cc1Cn1cc[n+](C)c1C.[Br-]. The first kappa shape index (κ1) is 14.7. The third kappa shape index (κ3) is 2.90. The molecule has 0 radical (unpaired) electrons. The lowest BCUT2D eigenvalue weighted by Crippen LogP contribution is -3.00. The van der Waals surface area contributed by atoms with Crippen LogP contribution in [0.1, 0.15) is 11.4 Å². The number of imidazole rings is 1. The van der Waals surface area contributed by atoms with Gasteiger partial charge < -0.3 is 21.7 Å². The van der Waals surface area contributed by atoms with E-state index in [4.69, 9.17) is 4.74 Å². The van der Waals surface area contributed by atoms with Crippen molar-refractivity contribution in [3.63, 3.8) is 0 Å². The van der Waals surface area contributed by atoms with Gasteiger partial charge in [0.2, 0.25) is 0 Å². The average Bonchev–Trinajstić information content (AvgIpc) is 2.61. The topological polar surface area (TPSA) is 18.0 Å². The lowest BCUT2D eigenvalue weighted by Gasteiger charge is -2.07. The molecule has 1 aromatic carbocycles. The fraction of sp³-hybridized carbons (Fsp3) is 0.308. The summed E-state index contributed by atoms with van der Waals surface area (Å²) < 4.78 is 22.5. The minimum atomic E-state index is -0.241. The van der Waals surface area contributed by atoms with Crippen molar-refractivity contribution < 1.29 is 30.7 Å². The van der Waals surface area contributed by atoms with Gasteiger partial charge in [-0.3, -0.25) is 0 Å². The lowest BCUT2D eigenvalue weighted by molar-refractivity contribution is -0.677. The third-order valence-electron chi connectivity index (χ3n) is 2.98. The zero-order valence-electron chi connectivity index (χ0n) is 10.7. The van der Waals surface area contributed by atoms with E-state index in [9.17, 15) is 4.39 Å². The smallest absolute Gasteiger partial charge is 0.253 e. The molecule has 0 aliphatic rings. The summed E-state index contributed by atoms with van der Waals surface area (Å²) in [6.07, 6.45) is 3.95. The zero-order chi connectivity index (χ0) is 12.4. The highest BCUT2D eigenvalue weighted by molar-refractivity contribution is 5.34. The molecule has 2 rings (SSSR count). The molecule has 0 saturated heterocycles. The second kappa shape index (κ2) is 6.00. The number of hydrogen-bond acceptors (Lipinski definition) is 1. The molecular formula is C13H16BrFN2O. The van der Waals surface area contributed by atoms with E-state index in [1.807, 2.05) is 30.9 Å². The van der Waals surface area contributed by atoms with E-state index in [1.54, 1.807) is 13.2 Å². The fourth-order valence-electron chi connectivity index (χ4n) is 1.82. The third-order valence-corrected chi connectivity index (χ3v) is 2.98. The summed E-state index contributed by atoms with van der Waals surface area (Å²) in [6.45, 7) is 2.62. The van der Waals surface area contributed by atoms with Gasteiger partial charge in [-0.05, 0) is 18.2 Å². The Labute approximate surface area is 117 Å². The van der Waals surface area contributed by atoms with Crippen molar-refractivity contribution in [3.8, 4) is 5.75 Å². The molecule has 3 nitrogen and oxygen atoms in total. The fourth-order valence-corrected chi connectivity index (χ4v) is 1.82. The molecule has 0 bridgehead atoms. The molecule has 18 heavy (non-hydrogen) atoms. The summed E-state index contributed by atoms with van der Waals surface area (Å²) in [5, 5.41) is 0. The molecule has 0 aliphatic heterocycles. The first-order valence-corrected chi connectivity index (χ1v) is 5.45. The van der Waals surface area contributed by atoms with Crippen LogP contribution >= 0.6 is 0 Å². The first-order valence-electron chi connectivity index (χ1n) is 5.45. The molecule has 98 valence electrons. The summed E-state index contributed by atoms with van der Waals surface area (Å²) in [4.78, 5) is 0. The van der Waals surface area contributed by atoms with Gasteiger partial charge >= 0.3 is 0 Å². The van der Waals surface area contributed by atoms with Crippen LogP contribution in [0.5, 0.6) is 5.75 Å². The van der Waals surface area contributed by atoms with Crippen molar-refractivity contribution in [2.75, 3.05) is 7.11 Å². The number of nitrogens with zero attached hydrogens (tertiary/aromatic N) is 2. The van der Waals surface area contributed by atoms with Gasteiger partial charge in [0, 0.05) is 12.5 Å². The van der Waals surface area contributed by atoms with Crippen LogP contribution in [0.15, 0.2) is 30.6 Å². The van der Waals surface area contributed by atoms with Crippen LogP contribution in [0.25, 0.3) is 0 Å². The van der Waals surface area contributed by atoms with Gasteiger partial charge in [-0.25, -0.2) is 13.5 Å². The monoisotopic (exact) mass is 314 g/mol. The highest BCUT2D eigenvalue weighted by atomic mass is 79.9. The van der Waals surface area contributed by atoms with E-state index in [2.05, 4.69) is 4.57 Å². The first-order chi connectivity index (χ1) is 8.11. The zero-order valence-corrected chi connectivity index (χ0v) is 12.2. The predicted octanol–water partition coefficient (Wildman–Crippen LogP) is -1.18. The maximum atomic E-state index is 13.2. The van der Waals surface area contributed by atoms with E-state index >= 15 is 0 Å². The van der Waals surface area contributed by atoms with Crippen LogP contribution in [0.4, 0.5) is 4.39 Å². The van der Waals surface area contributed by atoms with Crippen LogP contribution in [0.3, 0.4) is 0 Å². The maximum absolute atomic E-state index is 13.2. The lowest BCUT2D eigenvalue weighted by atomic mass is 10.2. The predicted molar refractivity (Wildman–Crippen MR) is 62.4 cm³/mol. The van der Waals surface area contributed by atoms with Crippen molar-refractivity contribution in [2.45, 2.75) is 13.5 Å². The summed E-state index contributed by atoms with van der Waals surface area (Å²) in [7, 11) is 3.58. The molecule has 0 amide bonds. The summed E-state index contributed by atoms with van der Waals surface area (Å²) in [6, 6.07) is 4.58. The highest BCUT2D eigenvalue weighted by Gasteiger charge is 2.12. The number of aromatic nitrogens is 2. The van der Waals surface area contributed by atoms with Crippen LogP contribution in [-0.2, 0) is 13.6 Å². The van der Waals surface area contributed by atoms with Gasteiger partial charge in [-0.1, -0.05) is 0 Å². The number of ether oxygens (including phenoxy) is 1. The Morgan fingerprint density at radius 2 is 2.11 bits per heavy atom. The molecule has 0 N–H and O–H groups in total. The summed E-state index contributed by atoms with van der Waals surface area (Å²) >= 11 is 0. The quantitative estimate of drug-likeness (QED) is 0.652. The van der Waals surface area contributed by atoms with E-state index in [0.29, 0.717) is 12.3 Å². The molecule has 2 aromatic rings. The van der Waals surface area contributed by atoms with Crippen LogP contribution < -0.4 is 26.3 Å². The van der Waals surface area contributed by atoms with Crippen LogP contribution in [0, 0.1) is 12.7 Å². The second-order valence-corrected chi connectivity index (χ2v) is 4.04. The normalized spacial score (nSPS) is 10.0. The average molecular weight is 315 g/mol. The van der Waals surface area contributed by atoms with Crippen molar-refractivity contribution >= 4 is 0 Å². The molecule has 5 heteroatoms. The van der Waals surface area contributed by atoms with Crippen LogP contribution in [-0.4, -0.2) is 11.7 Å². The van der Waals surface area contributed by atoms with Crippen molar-refractivity contribution in [1.82, 2.24) is 4.57 Å². The van der Waals surface area contributed by atoms with E-state index in [-0.39, 0.29) is 22.8 Å². The Morgan fingerprint density at radius 3 is 2.67 bits per heavy atom. The van der Waals surface area contributed by atoms with Gasteiger partial charge in [0.25, 0.3) is 5.82 Å². The molecular weight excluding hydrogens is 299 g/mol. The van der Waals surface area contributed by atoms with Crippen molar-refractivity contribution in [2.24, 2.45) is 7.05 Å². The van der Waals surface area contributed by atoms with Crippen molar-refractivity contribution in [3.05, 3.63) is 47.8 Å².